The van der Waals surface area contributed by atoms with Gasteiger partial charge in [-0.3, -0.25) is 9.89 Å². The number of fused-ring (bicyclic) bond motifs is 1. The molecule has 0 radical (unpaired) electrons. The molecule has 4 heterocycles. The topological polar surface area (TPSA) is 148 Å². The highest BCUT2D eigenvalue weighted by Crippen LogP contribution is 2.38. The number of aromatic nitrogens is 5. The maximum absolute atomic E-state index is 14.4. The van der Waals surface area contributed by atoms with Crippen LogP contribution in [0.25, 0.3) is 33.4 Å². The Balaban J connectivity index is 1.74. The molecular formula is C25H21FN8O. The number of carbonyl (C=O) groups excluding carboxylic acids is 1. The number of primary amides is 1. The van der Waals surface area contributed by atoms with Gasteiger partial charge >= 0.3 is 0 Å². The van der Waals surface area contributed by atoms with Crippen LogP contribution in [0.1, 0.15) is 21.6 Å². The van der Waals surface area contributed by atoms with Crippen molar-refractivity contribution in [1.82, 2.24) is 25.1 Å². The summed E-state index contributed by atoms with van der Waals surface area (Å²) in [5.74, 6) is -0.899. The third kappa shape index (κ3) is 3.90. The minimum absolute atomic E-state index is 0.0229. The first-order chi connectivity index (χ1) is 16.8. The summed E-state index contributed by atoms with van der Waals surface area (Å²) < 4.78 is 14.4. The van der Waals surface area contributed by atoms with E-state index in [1.807, 2.05) is 19.1 Å². The second kappa shape index (κ2) is 8.49. The van der Waals surface area contributed by atoms with Crippen molar-refractivity contribution >= 4 is 34.1 Å². The molecule has 10 heteroatoms. The average Bonchev–Trinajstić information content (AvgIpc) is 3.31. The summed E-state index contributed by atoms with van der Waals surface area (Å²) in [6.45, 7) is 3.68. The van der Waals surface area contributed by atoms with Gasteiger partial charge in [0.1, 0.15) is 5.82 Å². The first kappa shape index (κ1) is 22.0. The summed E-state index contributed by atoms with van der Waals surface area (Å²) >= 11 is 0. The molecule has 6 N–H and O–H groups in total. The Kier molecular flexibility index (Phi) is 5.33. The van der Waals surface area contributed by atoms with Crippen molar-refractivity contribution < 1.29 is 9.18 Å². The first-order valence-electron chi connectivity index (χ1n) is 10.7. The highest BCUT2D eigenvalue weighted by atomic mass is 19.1. The van der Waals surface area contributed by atoms with E-state index >= 15 is 0 Å². The van der Waals surface area contributed by atoms with E-state index < -0.39 is 11.7 Å². The number of hydrogen-bond donors (Lipinski definition) is 4. The Bertz CT molecular complexity index is 1610. The molecule has 0 spiro atoms. The van der Waals surface area contributed by atoms with Crippen molar-refractivity contribution in [3.8, 4) is 22.5 Å². The quantitative estimate of drug-likeness (QED) is 0.301. The molecule has 0 bridgehead atoms. The Morgan fingerprint density at radius 1 is 1.09 bits per heavy atom. The number of nitrogens with zero attached hydrogens (tertiary/aromatic N) is 4. The number of H-pyrrole nitrogens is 1. The van der Waals surface area contributed by atoms with Crippen LogP contribution in [0.3, 0.4) is 0 Å². The number of aromatic amines is 1. The van der Waals surface area contributed by atoms with Crippen molar-refractivity contribution in [2.24, 2.45) is 5.73 Å². The summed E-state index contributed by atoms with van der Waals surface area (Å²) in [4.78, 5) is 25.7. The minimum Gasteiger partial charge on any atom is -0.396 e. The molecule has 0 aliphatic carbocycles. The maximum Gasteiger partial charge on any atom is 0.250 e. The lowest BCUT2D eigenvalue weighted by atomic mass is 9.96. The van der Waals surface area contributed by atoms with Gasteiger partial charge in [0, 0.05) is 28.4 Å². The van der Waals surface area contributed by atoms with Crippen LogP contribution < -0.4 is 16.8 Å². The van der Waals surface area contributed by atoms with Crippen LogP contribution in [-0.4, -0.2) is 31.1 Å². The zero-order chi connectivity index (χ0) is 24.7. The Labute approximate surface area is 199 Å². The van der Waals surface area contributed by atoms with Crippen molar-refractivity contribution in [3.63, 3.8) is 0 Å². The monoisotopic (exact) mass is 468 g/mol. The van der Waals surface area contributed by atoms with Crippen LogP contribution in [0.5, 0.6) is 0 Å². The first-order valence-corrected chi connectivity index (χ1v) is 10.7. The lowest BCUT2D eigenvalue weighted by molar-refractivity contribution is 0.100. The number of amides is 1. The number of rotatable bonds is 5. The third-order valence-electron chi connectivity index (χ3n) is 5.70. The summed E-state index contributed by atoms with van der Waals surface area (Å²) in [6.07, 6.45) is 3.24. The molecule has 35 heavy (non-hydrogen) atoms. The molecule has 5 aromatic rings. The summed E-state index contributed by atoms with van der Waals surface area (Å²) in [5.41, 5.74) is 16.7. The van der Waals surface area contributed by atoms with Crippen molar-refractivity contribution in [3.05, 3.63) is 77.5 Å². The third-order valence-corrected chi connectivity index (χ3v) is 5.70. The number of pyridine rings is 3. The maximum atomic E-state index is 14.4. The number of nitrogens with two attached hydrogens (primary N) is 2. The van der Waals surface area contributed by atoms with Crippen LogP contribution >= 0.6 is 0 Å². The Morgan fingerprint density at radius 3 is 2.71 bits per heavy atom. The number of nitrogen functional groups attached to an aromatic ring is 1. The molecule has 5 rings (SSSR count). The van der Waals surface area contributed by atoms with E-state index in [9.17, 15) is 9.18 Å². The zero-order valence-corrected chi connectivity index (χ0v) is 18.9. The molecule has 0 saturated carbocycles. The SMILES string of the molecule is Cc1ccc(F)c(Nc2ncccc2-c2cc(C(N)=O)c(N)c(-c3c(C)ccc4[nH]ncc34)n2)n1. The minimum atomic E-state index is -0.700. The molecule has 0 fully saturated rings. The van der Waals surface area contributed by atoms with Crippen LogP contribution in [0.4, 0.5) is 21.7 Å². The Morgan fingerprint density at radius 2 is 1.91 bits per heavy atom. The number of benzene rings is 1. The zero-order valence-electron chi connectivity index (χ0n) is 18.9. The van der Waals surface area contributed by atoms with E-state index in [0.29, 0.717) is 28.5 Å². The standard InChI is InChI=1S/C25H21FN8O/c1-12-5-8-18-16(11-30-34-18)20(12)22-21(27)15(23(28)35)10-19(32-22)14-4-3-9-29-24(14)33-25-17(26)7-6-13(2)31-25/h3-11H,27H2,1-2H3,(H2,28,35)(H,30,34)(H,29,31,33). The normalized spacial score (nSPS) is 11.1. The van der Waals surface area contributed by atoms with Crippen LogP contribution in [0.15, 0.2) is 54.9 Å². The lowest BCUT2D eigenvalue weighted by Crippen LogP contribution is -2.15. The fourth-order valence-corrected chi connectivity index (χ4v) is 3.98. The predicted octanol–water partition coefficient (Wildman–Crippen LogP) is 4.26. The molecular weight excluding hydrogens is 447 g/mol. The highest BCUT2D eigenvalue weighted by molar-refractivity contribution is 6.06. The van der Waals surface area contributed by atoms with Gasteiger partial charge in [-0.25, -0.2) is 19.3 Å². The summed E-state index contributed by atoms with van der Waals surface area (Å²) in [6, 6.07) is 11.7. The average molecular weight is 468 g/mol. The molecule has 0 atom stereocenters. The van der Waals surface area contributed by atoms with Crippen LogP contribution in [-0.2, 0) is 0 Å². The molecule has 9 nitrogen and oxygen atoms in total. The van der Waals surface area contributed by atoms with Gasteiger partial charge in [-0.05, 0) is 55.8 Å². The summed E-state index contributed by atoms with van der Waals surface area (Å²) in [7, 11) is 0. The molecule has 1 aromatic carbocycles. The van der Waals surface area contributed by atoms with E-state index in [0.717, 1.165) is 22.0 Å². The van der Waals surface area contributed by atoms with Crippen LogP contribution in [0.2, 0.25) is 0 Å². The second-order valence-corrected chi connectivity index (χ2v) is 8.08. The molecule has 0 aliphatic rings. The Hall–Kier alpha value is -4.86. The van der Waals surface area contributed by atoms with E-state index in [1.165, 1.54) is 12.1 Å². The van der Waals surface area contributed by atoms with Crippen LogP contribution in [0, 0.1) is 19.7 Å². The number of halogens is 1. The van der Waals surface area contributed by atoms with Gasteiger partial charge < -0.3 is 16.8 Å². The molecule has 1 amide bonds. The smallest absolute Gasteiger partial charge is 0.250 e. The fourth-order valence-electron chi connectivity index (χ4n) is 3.98. The number of nitrogens with one attached hydrogen (secondary N) is 2. The van der Waals surface area contributed by atoms with Gasteiger partial charge in [0.25, 0.3) is 5.91 Å². The van der Waals surface area contributed by atoms with Gasteiger partial charge in [0.2, 0.25) is 0 Å². The number of hydrogen-bond acceptors (Lipinski definition) is 7. The predicted molar refractivity (Wildman–Crippen MR) is 132 cm³/mol. The molecule has 174 valence electrons. The highest BCUT2D eigenvalue weighted by Gasteiger charge is 2.21. The number of anilines is 3. The number of aryl methyl sites for hydroxylation is 2. The summed E-state index contributed by atoms with van der Waals surface area (Å²) in [5, 5.41) is 10.8. The molecule has 0 saturated heterocycles. The van der Waals surface area contributed by atoms with Gasteiger partial charge in [-0.15, -0.1) is 0 Å². The second-order valence-electron chi connectivity index (χ2n) is 8.08. The van der Waals surface area contributed by atoms with Crippen molar-refractivity contribution in [2.45, 2.75) is 13.8 Å². The van der Waals surface area contributed by atoms with E-state index in [2.05, 4.69) is 25.5 Å². The lowest BCUT2D eigenvalue weighted by Gasteiger charge is -2.16. The molecule has 0 aliphatic heterocycles. The van der Waals surface area contributed by atoms with E-state index in [-0.39, 0.29) is 17.1 Å². The van der Waals surface area contributed by atoms with Gasteiger partial charge in [0.05, 0.1) is 34.4 Å². The largest absolute Gasteiger partial charge is 0.396 e. The van der Waals surface area contributed by atoms with Gasteiger partial charge in [-0.2, -0.15) is 5.10 Å². The molecule has 0 unspecified atom stereocenters. The van der Waals surface area contributed by atoms with Gasteiger partial charge in [0.15, 0.2) is 11.6 Å². The van der Waals surface area contributed by atoms with Gasteiger partial charge in [-0.1, -0.05) is 6.07 Å². The van der Waals surface area contributed by atoms with Crippen molar-refractivity contribution in [1.29, 1.82) is 0 Å². The van der Waals surface area contributed by atoms with Crippen molar-refractivity contribution in [2.75, 3.05) is 11.1 Å². The fraction of sp³-hybridized carbons (Fsp3) is 0.0800. The van der Waals surface area contributed by atoms with E-state index in [4.69, 9.17) is 16.5 Å². The number of carbonyl (C=O) groups is 1. The van der Waals surface area contributed by atoms with E-state index in [1.54, 1.807) is 37.5 Å². The molecule has 4 aromatic heterocycles.